The Morgan fingerprint density at radius 2 is 1.77 bits per heavy atom. The second kappa shape index (κ2) is 2.55. The number of nitrogens with zero attached hydrogens (tertiary/aromatic N) is 1. The number of benzene rings is 1. The minimum Gasteiger partial charge on any atom is -0.267 e. The van der Waals surface area contributed by atoms with Gasteiger partial charge in [0, 0.05) is 0 Å². The Hall–Kier alpha value is -1.91. The summed E-state index contributed by atoms with van der Waals surface area (Å²) >= 11 is 0. The van der Waals surface area contributed by atoms with E-state index in [1.54, 1.807) is 17.2 Å². The molecule has 0 atom stereocenters. The predicted octanol–water partition coefficient (Wildman–Crippen LogP) is 0.422. The molecule has 13 heavy (non-hydrogen) atoms. The minimum absolute atomic E-state index is 0.0775. The van der Waals surface area contributed by atoms with Crippen molar-refractivity contribution >= 4 is 10.8 Å². The lowest BCUT2D eigenvalue weighted by Crippen LogP contribution is -2.24. The molecule has 0 saturated carbocycles. The van der Waals surface area contributed by atoms with Crippen molar-refractivity contribution in [1.29, 1.82) is 0 Å². The van der Waals surface area contributed by atoms with Crippen LogP contribution in [-0.4, -0.2) is 10.0 Å². The van der Waals surface area contributed by atoms with Gasteiger partial charge in [0.05, 0.1) is 10.8 Å². The molecule has 0 fully saturated rings. The highest BCUT2D eigenvalue weighted by molar-refractivity contribution is 5.80. The van der Waals surface area contributed by atoms with Crippen LogP contribution in [0.4, 0.5) is 4.48 Å². The Morgan fingerprint density at radius 3 is 2.46 bits per heavy atom. The van der Waals surface area contributed by atoms with Gasteiger partial charge in [-0.3, -0.25) is 9.59 Å². The number of hydrogen-bond donors (Lipinski definition) is 1. The molecular weight excluding hydrogens is 175 g/mol. The van der Waals surface area contributed by atoms with E-state index in [1.807, 2.05) is 0 Å². The van der Waals surface area contributed by atoms with Gasteiger partial charge in [-0.25, -0.2) is 5.10 Å². The molecule has 1 heterocycles. The fourth-order valence-corrected chi connectivity index (χ4v) is 1.17. The number of rotatable bonds is 0. The van der Waals surface area contributed by atoms with Crippen LogP contribution in [0, 0.1) is 0 Å². The molecule has 1 N–H and O–H groups in total. The van der Waals surface area contributed by atoms with Crippen molar-refractivity contribution in [3.8, 4) is 0 Å². The Kier molecular flexibility index (Phi) is 1.51. The Bertz CT molecular complexity index is 570. The van der Waals surface area contributed by atoms with Crippen LogP contribution in [0.1, 0.15) is 0 Å². The van der Waals surface area contributed by atoms with Crippen LogP contribution in [0.15, 0.2) is 33.9 Å². The fraction of sp³-hybridized carbons (Fsp3) is 0. The van der Waals surface area contributed by atoms with Crippen molar-refractivity contribution in [1.82, 2.24) is 10.0 Å². The van der Waals surface area contributed by atoms with Gasteiger partial charge in [-0.2, -0.15) is 0 Å². The van der Waals surface area contributed by atoms with Gasteiger partial charge < -0.3 is 0 Å². The smallest absolute Gasteiger partial charge is 0.267 e. The average molecular weight is 180 g/mol. The van der Waals surface area contributed by atoms with E-state index in [4.69, 9.17) is 0 Å². The summed E-state index contributed by atoms with van der Waals surface area (Å²) in [5.74, 6) is 0. The third-order valence-electron chi connectivity index (χ3n) is 1.78. The van der Waals surface area contributed by atoms with Crippen LogP contribution in [-0.2, 0) is 0 Å². The molecular formula is C8H5FN2O2. The SMILES string of the molecule is O=c1[nH]n(F)c(=O)c2ccccc12. The molecule has 1 aromatic heterocycles. The van der Waals surface area contributed by atoms with Crippen molar-refractivity contribution < 1.29 is 4.48 Å². The highest BCUT2D eigenvalue weighted by Crippen LogP contribution is 2.01. The van der Waals surface area contributed by atoms with E-state index < -0.39 is 11.1 Å². The summed E-state index contributed by atoms with van der Waals surface area (Å²) < 4.78 is 12.7. The molecule has 4 nitrogen and oxygen atoms in total. The first-order valence-electron chi connectivity index (χ1n) is 3.60. The van der Waals surface area contributed by atoms with E-state index in [0.29, 0.717) is 0 Å². The lowest BCUT2D eigenvalue weighted by Gasteiger charge is -1.95. The molecule has 0 aliphatic carbocycles. The molecule has 0 radical (unpaired) electrons. The van der Waals surface area contributed by atoms with Crippen molar-refractivity contribution in [2.45, 2.75) is 0 Å². The summed E-state index contributed by atoms with van der Waals surface area (Å²) in [6.07, 6.45) is 0. The molecule has 0 aliphatic rings. The Labute approximate surface area is 71.2 Å². The summed E-state index contributed by atoms with van der Waals surface area (Å²) in [6.45, 7) is 0. The van der Waals surface area contributed by atoms with Gasteiger partial charge in [0.2, 0.25) is 0 Å². The third-order valence-corrected chi connectivity index (χ3v) is 1.78. The molecule has 0 saturated heterocycles. The molecule has 0 spiro atoms. The van der Waals surface area contributed by atoms with Crippen molar-refractivity contribution in [3.05, 3.63) is 45.0 Å². The van der Waals surface area contributed by atoms with E-state index in [2.05, 4.69) is 0 Å². The molecule has 2 aromatic rings. The zero-order chi connectivity index (χ0) is 9.42. The zero-order valence-corrected chi connectivity index (χ0v) is 6.45. The van der Waals surface area contributed by atoms with Crippen molar-refractivity contribution in [2.24, 2.45) is 0 Å². The summed E-state index contributed by atoms with van der Waals surface area (Å²) in [4.78, 5) is 21.9. The number of aromatic nitrogens is 2. The van der Waals surface area contributed by atoms with Crippen LogP contribution >= 0.6 is 0 Å². The zero-order valence-electron chi connectivity index (χ0n) is 6.45. The van der Waals surface area contributed by atoms with Gasteiger partial charge in [-0.15, -0.1) is 0 Å². The fourth-order valence-electron chi connectivity index (χ4n) is 1.17. The predicted molar refractivity (Wildman–Crippen MR) is 45.3 cm³/mol. The summed E-state index contributed by atoms with van der Waals surface area (Å²) in [6, 6.07) is 6.06. The second-order valence-corrected chi connectivity index (χ2v) is 2.57. The molecule has 5 heteroatoms. The maximum atomic E-state index is 12.7. The van der Waals surface area contributed by atoms with Gasteiger partial charge >= 0.3 is 5.56 Å². The van der Waals surface area contributed by atoms with Crippen LogP contribution in [0.25, 0.3) is 10.8 Å². The Balaban J connectivity index is 3.15. The highest BCUT2D eigenvalue weighted by Gasteiger charge is 2.04. The first-order valence-corrected chi connectivity index (χ1v) is 3.60. The van der Waals surface area contributed by atoms with E-state index in [1.165, 1.54) is 12.1 Å². The number of fused-ring (bicyclic) bond motifs is 1. The molecule has 0 aliphatic heterocycles. The molecule has 1 aromatic carbocycles. The van der Waals surface area contributed by atoms with Gasteiger partial charge in [-0.1, -0.05) is 21.5 Å². The largest absolute Gasteiger partial charge is 0.303 e. The van der Waals surface area contributed by atoms with E-state index in [-0.39, 0.29) is 15.7 Å². The number of aromatic amines is 1. The van der Waals surface area contributed by atoms with Gasteiger partial charge in [0.25, 0.3) is 5.56 Å². The first kappa shape index (κ1) is 7.72. The highest BCUT2D eigenvalue weighted by atomic mass is 19.2. The van der Waals surface area contributed by atoms with Crippen molar-refractivity contribution in [2.75, 3.05) is 0 Å². The summed E-state index contributed by atoms with van der Waals surface area (Å²) in [5, 5.41) is 2.04. The lowest BCUT2D eigenvalue weighted by atomic mass is 10.2. The van der Waals surface area contributed by atoms with E-state index in [0.717, 1.165) is 0 Å². The molecule has 0 amide bonds. The summed E-state index contributed by atoms with van der Waals surface area (Å²) in [5.41, 5.74) is -1.46. The second-order valence-electron chi connectivity index (χ2n) is 2.57. The van der Waals surface area contributed by atoms with Gasteiger partial charge in [0.1, 0.15) is 0 Å². The standard InChI is InChI=1S/C8H5FN2O2/c9-11-8(13)6-4-2-1-3-5(6)7(12)10-11/h1-4H,(H,10,12). The average Bonchev–Trinajstić information content (AvgIpc) is 2.15. The molecule has 0 unspecified atom stereocenters. The number of halogens is 1. The van der Waals surface area contributed by atoms with E-state index >= 15 is 0 Å². The third kappa shape index (κ3) is 1.05. The quantitative estimate of drug-likeness (QED) is 0.638. The number of nitrogens with one attached hydrogen (secondary N) is 1. The van der Waals surface area contributed by atoms with Crippen LogP contribution < -0.4 is 11.1 Å². The van der Waals surface area contributed by atoms with Gasteiger partial charge in [0.15, 0.2) is 0 Å². The molecule has 2 rings (SSSR count). The molecule has 66 valence electrons. The van der Waals surface area contributed by atoms with Gasteiger partial charge in [-0.05, 0) is 12.1 Å². The number of hydrogen-bond acceptors (Lipinski definition) is 2. The van der Waals surface area contributed by atoms with Crippen LogP contribution in [0.3, 0.4) is 0 Å². The lowest BCUT2D eigenvalue weighted by molar-refractivity contribution is 0.295. The van der Waals surface area contributed by atoms with Crippen LogP contribution in [0.2, 0.25) is 0 Å². The van der Waals surface area contributed by atoms with E-state index in [9.17, 15) is 14.1 Å². The Morgan fingerprint density at radius 1 is 1.15 bits per heavy atom. The first-order chi connectivity index (χ1) is 6.20. The summed E-state index contributed by atoms with van der Waals surface area (Å²) in [7, 11) is 0. The minimum atomic E-state index is -0.852. The number of H-pyrrole nitrogens is 1. The topological polar surface area (TPSA) is 54.9 Å². The maximum Gasteiger partial charge on any atom is 0.303 e. The maximum absolute atomic E-state index is 12.7. The monoisotopic (exact) mass is 180 g/mol. The normalized spacial score (nSPS) is 10.5. The van der Waals surface area contributed by atoms with Crippen LogP contribution in [0.5, 0.6) is 0 Å². The van der Waals surface area contributed by atoms with Crippen molar-refractivity contribution in [3.63, 3.8) is 0 Å². The molecule has 0 bridgehead atoms.